The largest absolute Gasteiger partial charge is 0.397 e. The molecule has 0 bridgehead atoms. The molecule has 2 rings (SSSR count). The van der Waals surface area contributed by atoms with Crippen molar-refractivity contribution in [2.75, 3.05) is 26.0 Å². The van der Waals surface area contributed by atoms with E-state index in [0.29, 0.717) is 17.1 Å². The van der Waals surface area contributed by atoms with Crippen LogP contribution < -0.4 is 11.1 Å². The van der Waals surface area contributed by atoms with Crippen molar-refractivity contribution in [2.24, 2.45) is 0 Å². The standard InChI is InChI=1S/C15H19BrN2O2S/c1-20-8-4-2-3-7-18-15(19)14-13(17)11-6-5-10(16)9-12(11)21-14/h5-6,9H,2-4,7-8,17H2,1H3,(H,18,19). The fourth-order valence-corrected chi connectivity index (χ4v) is 3.68. The summed E-state index contributed by atoms with van der Waals surface area (Å²) in [6.07, 6.45) is 3.01. The number of methoxy groups -OCH3 is 1. The van der Waals surface area contributed by atoms with E-state index >= 15 is 0 Å². The maximum absolute atomic E-state index is 12.2. The van der Waals surface area contributed by atoms with Gasteiger partial charge in [-0.25, -0.2) is 0 Å². The van der Waals surface area contributed by atoms with E-state index in [4.69, 9.17) is 10.5 Å². The molecule has 1 heterocycles. The molecule has 0 saturated heterocycles. The second-order valence-corrected chi connectivity index (χ2v) is 6.76. The molecule has 1 aromatic carbocycles. The predicted octanol–water partition coefficient (Wildman–Crippen LogP) is 3.79. The van der Waals surface area contributed by atoms with E-state index in [2.05, 4.69) is 21.2 Å². The van der Waals surface area contributed by atoms with E-state index in [0.717, 1.165) is 40.4 Å². The molecule has 1 aromatic heterocycles. The van der Waals surface area contributed by atoms with Gasteiger partial charge in [0.2, 0.25) is 0 Å². The summed E-state index contributed by atoms with van der Waals surface area (Å²) in [7, 11) is 1.70. The van der Waals surface area contributed by atoms with E-state index in [1.165, 1.54) is 11.3 Å². The summed E-state index contributed by atoms with van der Waals surface area (Å²) < 4.78 is 7.00. The number of carbonyl (C=O) groups is 1. The first-order chi connectivity index (χ1) is 10.1. The van der Waals surface area contributed by atoms with Crippen molar-refractivity contribution < 1.29 is 9.53 Å². The number of unbranched alkanes of at least 4 members (excludes halogenated alkanes) is 2. The molecule has 6 heteroatoms. The number of rotatable bonds is 7. The number of nitrogen functional groups attached to an aromatic ring is 1. The second-order valence-electron chi connectivity index (χ2n) is 4.79. The quantitative estimate of drug-likeness (QED) is 0.728. The van der Waals surface area contributed by atoms with Crippen LogP contribution in [0.15, 0.2) is 22.7 Å². The summed E-state index contributed by atoms with van der Waals surface area (Å²) >= 11 is 4.86. The first kappa shape index (κ1) is 16.3. The Morgan fingerprint density at radius 1 is 1.38 bits per heavy atom. The van der Waals surface area contributed by atoms with Crippen LogP contribution in [0.1, 0.15) is 28.9 Å². The normalized spacial score (nSPS) is 11.0. The van der Waals surface area contributed by atoms with Gasteiger partial charge in [0.15, 0.2) is 0 Å². The van der Waals surface area contributed by atoms with E-state index in [-0.39, 0.29) is 5.91 Å². The third kappa shape index (κ3) is 4.18. The summed E-state index contributed by atoms with van der Waals surface area (Å²) in [5, 5.41) is 3.87. The molecule has 2 aromatic rings. The lowest BCUT2D eigenvalue weighted by Crippen LogP contribution is -2.24. The van der Waals surface area contributed by atoms with Gasteiger partial charge in [-0.1, -0.05) is 22.0 Å². The average Bonchev–Trinajstić information content (AvgIpc) is 2.79. The molecule has 0 aliphatic carbocycles. The predicted molar refractivity (Wildman–Crippen MR) is 92.0 cm³/mol. The first-order valence-corrected chi connectivity index (χ1v) is 8.49. The first-order valence-electron chi connectivity index (χ1n) is 6.88. The van der Waals surface area contributed by atoms with Crippen LogP contribution in [0.5, 0.6) is 0 Å². The lowest BCUT2D eigenvalue weighted by Gasteiger charge is -2.04. The molecule has 3 N–H and O–H groups in total. The van der Waals surface area contributed by atoms with Crippen molar-refractivity contribution in [3.8, 4) is 0 Å². The lowest BCUT2D eigenvalue weighted by atomic mass is 10.2. The Morgan fingerprint density at radius 3 is 2.95 bits per heavy atom. The third-order valence-corrected chi connectivity index (χ3v) is 4.87. The zero-order valence-corrected chi connectivity index (χ0v) is 14.4. The SMILES string of the molecule is COCCCCCNC(=O)c1sc2cc(Br)ccc2c1N. The minimum absolute atomic E-state index is 0.0865. The van der Waals surface area contributed by atoms with Gasteiger partial charge in [0.05, 0.1) is 5.69 Å². The van der Waals surface area contributed by atoms with Crippen LogP contribution >= 0.6 is 27.3 Å². The zero-order chi connectivity index (χ0) is 15.2. The van der Waals surface area contributed by atoms with Gasteiger partial charge in [0, 0.05) is 34.8 Å². The molecular weight excluding hydrogens is 352 g/mol. The number of anilines is 1. The molecule has 0 fully saturated rings. The van der Waals surface area contributed by atoms with Crippen LogP contribution in [0.2, 0.25) is 0 Å². The van der Waals surface area contributed by atoms with Crippen molar-refractivity contribution >= 4 is 48.9 Å². The van der Waals surface area contributed by atoms with Gasteiger partial charge in [-0.3, -0.25) is 4.79 Å². The molecule has 0 aliphatic rings. The van der Waals surface area contributed by atoms with Gasteiger partial charge in [-0.2, -0.15) is 0 Å². The molecule has 4 nitrogen and oxygen atoms in total. The number of hydrogen-bond donors (Lipinski definition) is 2. The number of nitrogens with two attached hydrogens (primary N) is 1. The highest BCUT2D eigenvalue weighted by molar-refractivity contribution is 9.10. The molecule has 114 valence electrons. The van der Waals surface area contributed by atoms with Crippen LogP contribution in [0, 0.1) is 0 Å². The number of nitrogens with one attached hydrogen (secondary N) is 1. The van der Waals surface area contributed by atoms with Crippen LogP contribution in [0.3, 0.4) is 0 Å². The maximum Gasteiger partial charge on any atom is 0.263 e. The minimum Gasteiger partial charge on any atom is -0.397 e. The van der Waals surface area contributed by atoms with Gasteiger partial charge >= 0.3 is 0 Å². The molecular formula is C15H19BrN2O2S. The van der Waals surface area contributed by atoms with Gasteiger partial charge in [-0.05, 0) is 31.4 Å². The molecule has 0 saturated carbocycles. The van der Waals surface area contributed by atoms with E-state index in [1.807, 2.05) is 18.2 Å². The molecule has 0 spiro atoms. The van der Waals surface area contributed by atoms with Crippen LogP contribution in [0.25, 0.3) is 10.1 Å². The maximum atomic E-state index is 12.2. The lowest BCUT2D eigenvalue weighted by molar-refractivity contribution is 0.0957. The Bertz CT molecular complexity index is 627. The van der Waals surface area contributed by atoms with Gasteiger partial charge in [0.25, 0.3) is 5.91 Å². The van der Waals surface area contributed by atoms with Crippen molar-refractivity contribution in [3.63, 3.8) is 0 Å². The zero-order valence-electron chi connectivity index (χ0n) is 11.9. The number of ether oxygens (including phenoxy) is 1. The molecule has 0 aliphatic heterocycles. The number of hydrogen-bond acceptors (Lipinski definition) is 4. The highest BCUT2D eigenvalue weighted by Gasteiger charge is 2.15. The van der Waals surface area contributed by atoms with E-state index in [1.54, 1.807) is 7.11 Å². The summed E-state index contributed by atoms with van der Waals surface area (Å²) in [4.78, 5) is 12.8. The topological polar surface area (TPSA) is 64.3 Å². The highest BCUT2D eigenvalue weighted by Crippen LogP contribution is 2.35. The third-order valence-electron chi connectivity index (χ3n) is 3.21. The van der Waals surface area contributed by atoms with Crippen molar-refractivity contribution in [1.82, 2.24) is 5.32 Å². The number of thiophene rings is 1. The Balaban J connectivity index is 1.95. The van der Waals surface area contributed by atoms with Gasteiger partial charge < -0.3 is 15.8 Å². The Kier molecular flexibility index (Phi) is 6.02. The molecule has 0 atom stereocenters. The van der Waals surface area contributed by atoms with Crippen LogP contribution in [-0.2, 0) is 4.74 Å². The summed E-state index contributed by atoms with van der Waals surface area (Å²) in [6.45, 7) is 1.44. The highest BCUT2D eigenvalue weighted by atomic mass is 79.9. The fraction of sp³-hybridized carbons (Fsp3) is 0.400. The van der Waals surface area contributed by atoms with Crippen LogP contribution in [-0.4, -0.2) is 26.2 Å². The summed E-state index contributed by atoms with van der Waals surface area (Å²) in [5.74, 6) is -0.0865. The molecule has 0 unspecified atom stereocenters. The van der Waals surface area contributed by atoms with Crippen LogP contribution in [0.4, 0.5) is 5.69 Å². The number of fused-ring (bicyclic) bond motifs is 1. The monoisotopic (exact) mass is 370 g/mol. The smallest absolute Gasteiger partial charge is 0.263 e. The van der Waals surface area contributed by atoms with Crippen molar-refractivity contribution in [2.45, 2.75) is 19.3 Å². The minimum atomic E-state index is -0.0865. The summed E-state index contributed by atoms with van der Waals surface area (Å²) in [5.41, 5.74) is 6.65. The van der Waals surface area contributed by atoms with E-state index < -0.39 is 0 Å². The van der Waals surface area contributed by atoms with Crippen molar-refractivity contribution in [3.05, 3.63) is 27.5 Å². The van der Waals surface area contributed by atoms with Crippen molar-refractivity contribution in [1.29, 1.82) is 0 Å². The molecule has 0 radical (unpaired) electrons. The Hall–Kier alpha value is -1.11. The van der Waals surface area contributed by atoms with Gasteiger partial charge in [0.1, 0.15) is 4.88 Å². The Morgan fingerprint density at radius 2 is 2.19 bits per heavy atom. The average molecular weight is 371 g/mol. The molecule has 1 amide bonds. The summed E-state index contributed by atoms with van der Waals surface area (Å²) in [6, 6.07) is 5.85. The van der Waals surface area contributed by atoms with E-state index in [9.17, 15) is 4.79 Å². The number of carbonyl (C=O) groups excluding carboxylic acids is 1. The van der Waals surface area contributed by atoms with Gasteiger partial charge in [-0.15, -0.1) is 11.3 Å². The number of halogens is 1. The second kappa shape index (κ2) is 7.77. The number of amides is 1. The number of benzene rings is 1. The molecule has 21 heavy (non-hydrogen) atoms. The Labute approximate surface area is 136 Å². The fourth-order valence-electron chi connectivity index (χ4n) is 2.09.